The van der Waals surface area contributed by atoms with Gasteiger partial charge in [0.15, 0.2) is 0 Å². The third-order valence-electron chi connectivity index (χ3n) is 2.97. The first-order chi connectivity index (χ1) is 10.5. The number of halogens is 2. The Morgan fingerprint density at radius 2 is 1.59 bits per heavy atom. The van der Waals surface area contributed by atoms with Crippen LogP contribution in [-0.4, -0.2) is 18.4 Å². The van der Waals surface area contributed by atoms with Crippen molar-refractivity contribution >= 4 is 46.4 Å². The molecule has 0 aliphatic rings. The lowest BCUT2D eigenvalue weighted by molar-refractivity contribution is -0.120. The minimum absolute atomic E-state index is 0.149. The van der Waals surface area contributed by atoms with Crippen LogP contribution in [-0.2, 0) is 9.59 Å². The summed E-state index contributed by atoms with van der Waals surface area (Å²) in [7, 11) is 0. The van der Waals surface area contributed by atoms with Crippen LogP contribution in [0.3, 0.4) is 0 Å². The number of nitrogens with zero attached hydrogens (tertiary/aromatic N) is 1. The van der Waals surface area contributed by atoms with Crippen molar-refractivity contribution in [3.63, 3.8) is 0 Å². The zero-order valence-corrected chi connectivity index (χ0v) is 13.4. The van der Waals surface area contributed by atoms with E-state index in [0.717, 1.165) is 0 Å². The number of carbonyl (C=O) groups is 2. The Kier molecular flexibility index (Phi) is 5.41. The molecule has 0 unspecified atom stereocenters. The molecule has 0 aliphatic heterocycles. The van der Waals surface area contributed by atoms with Crippen molar-refractivity contribution in [2.24, 2.45) is 0 Å². The number of benzene rings is 2. The standard InChI is InChI=1S/C16H14Cl2N2O2/c1-11(21)20(15-9-5-3-7-13(15)18)10-16(22)19-14-8-4-2-6-12(14)17/h2-9H,10H2,1H3,(H,19,22). The van der Waals surface area contributed by atoms with E-state index in [0.29, 0.717) is 21.4 Å². The van der Waals surface area contributed by atoms with E-state index in [9.17, 15) is 9.59 Å². The molecule has 0 radical (unpaired) electrons. The van der Waals surface area contributed by atoms with Crippen LogP contribution < -0.4 is 10.2 Å². The Morgan fingerprint density at radius 1 is 1.00 bits per heavy atom. The maximum Gasteiger partial charge on any atom is 0.244 e. The zero-order valence-electron chi connectivity index (χ0n) is 11.8. The lowest BCUT2D eigenvalue weighted by Crippen LogP contribution is -2.36. The molecule has 114 valence electrons. The molecule has 2 aromatic carbocycles. The highest BCUT2D eigenvalue weighted by Crippen LogP contribution is 2.25. The van der Waals surface area contributed by atoms with Crippen molar-refractivity contribution in [3.8, 4) is 0 Å². The van der Waals surface area contributed by atoms with Gasteiger partial charge in [-0.25, -0.2) is 0 Å². The number of amides is 2. The number of para-hydroxylation sites is 2. The Labute approximate surface area is 138 Å². The molecule has 0 saturated heterocycles. The van der Waals surface area contributed by atoms with E-state index in [1.54, 1.807) is 48.5 Å². The molecule has 0 aliphatic carbocycles. The molecular weight excluding hydrogens is 323 g/mol. The fourth-order valence-corrected chi connectivity index (χ4v) is 2.35. The minimum atomic E-state index is -0.358. The molecule has 0 bridgehead atoms. The van der Waals surface area contributed by atoms with Crippen LogP contribution in [0, 0.1) is 0 Å². The van der Waals surface area contributed by atoms with Gasteiger partial charge in [0.05, 0.1) is 21.4 Å². The smallest absolute Gasteiger partial charge is 0.244 e. The summed E-state index contributed by atoms with van der Waals surface area (Å²) in [5.41, 5.74) is 0.989. The fourth-order valence-electron chi connectivity index (χ4n) is 1.93. The molecule has 0 atom stereocenters. The first kappa shape index (κ1) is 16.3. The van der Waals surface area contributed by atoms with Gasteiger partial charge in [0, 0.05) is 6.92 Å². The number of anilines is 2. The minimum Gasteiger partial charge on any atom is -0.323 e. The Hall–Kier alpha value is -2.04. The van der Waals surface area contributed by atoms with Crippen LogP contribution in [0.15, 0.2) is 48.5 Å². The molecule has 0 saturated carbocycles. The largest absolute Gasteiger partial charge is 0.323 e. The van der Waals surface area contributed by atoms with E-state index in [-0.39, 0.29) is 18.4 Å². The number of hydrogen-bond donors (Lipinski definition) is 1. The highest BCUT2D eigenvalue weighted by atomic mass is 35.5. The van der Waals surface area contributed by atoms with Crippen LogP contribution in [0.5, 0.6) is 0 Å². The maximum absolute atomic E-state index is 12.2. The molecule has 2 rings (SSSR count). The summed E-state index contributed by atoms with van der Waals surface area (Å²) in [6.45, 7) is 1.23. The van der Waals surface area contributed by atoms with E-state index in [1.807, 2.05) is 0 Å². The van der Waals surface area contributed by atoms with E-state index >= 15 is 0 Å². The highest BCUT2D eigenvalue weighted by Gasteiger charge is 2.18. The summed E-state index contributed by atoms with van der Waals surface area (Å²) in [5.74, 6) is -0.634. The van der Waals surface area contributed by atoms with Crippen LogP contribution in [0.2, 0.25) is 10.0 Å². The van der Waals surface area contributed by atoms with Gasteiger partial charge in [0.25, 0.3) is 0 Å². The highest BCUT2D eigenvalue weighted by molar-refractivity contribution is 6.34. The molecule has 4 nitrogen and oxygen atoms in total. The normalized spacial score (nSPS) is 10.1. The monoisotopic (exact) mass is 336 g/mol. The number of rotatable bonds is 4. The Morgan fingerprint density at radius 3 is 2.18 bits per heavy atom. The number of carbonyl (C=O) groups excluding carboxylic acids is 2. The SMILES string of the molecule is CC(=O)N(CC(=O)Nc1ccccc1Cl)c1ccccc1Cl. The van der Waals surface area contributed by atoms with Crippen LogP contribution >= 0.6 is 23.2 Å². The second-order valence-corrected chi connectivity index (χ2v) is 5.40. The van der Waals surface area contributed by atoms with Gasteiger partial charge in [0.2, 0.25) is 11.8 Å². The van der Waals surface area contributed by atoms with Gasteiger partial charge in [0.1, 0.15) is 6.54 Å². The topological polar surface area (TPSA) is 49.4 Å². The summed E-state index contributed by atoms with van der Waals surface area (Å²) in [6, 6.07) is 13.8. The Bertz CT molecular complexity index is 704. The average Bonchev–Trinajstić information content (AvgIpc) is 2.48. The molecule has 1 N–H and O–H groups in total. The van der Waals surface area contributed by atoms with Crippen molar-refractivity contribution in [2.75, 3.05) is 16.8 Å². The third kappa shape index (κ3) is 4.00. The van der Waals surface area contributed by atoms with Gasteiger partial charge in [-0.2, -0.15) is 0 Å². The van der Waals surface area contributed by atoms with Crippen LogP contribution in [0.4, 0.5) is 11.4 Å². The summed E-state index contributed by atoms with van der Waals surface area (Å²) in [6.07, 6.45) is 0. The lowest BCUT2D eigenvalue weighted by atomic mass is 10.2. The third-order valence-corrected chi connectivity index (χ3v) is 3.62. The molecule has 6 heteroatoms. The summed E-state index contributed by atoms with van der Waals surface area (Å²) in [5, 5.41) is 3.52. The molecule has 0 heterocycles. The summed E-state index contributed by atoms with van der Waals surface area (Å²) >= 11 is 12.1. The predicted octanol–water partition coefficient (Wildman–Crippen LogP) is 3.99. The molecule has 2 aromatic rings. The maximum atomic E-state index is 12.2. The summed E-state index contributed by atoms with van der Waals surface area (Å²) < 4.78 is 0. The first-order valence-corrected chi connectivity index (χ1v) is 7.31. The number of hydrogen-bond acceptors (Lipinski definition) is 2. The first-order valence-electron chi connectivity index (χ1n) is 6.56. The quantitative estimate of drug-likeness (QED) is 0.917. The van der Waals surface area contributed by atoms with Crippen LogP contribution in [0.25, 0.3) is 0 Å². The van der Waals surface area contributed by atoms with Gasteiger partial charge in [-0.15, -0.1) is 0 Å². The van der Waals surface area contributed by atoms with Gasteiger partial charge < -0.3 is 10.2 Å². The van der Waals surface area contributed by atoms with E-state index in [4.69, 9.17) is 23.2 Å². The van der Waals surface area contributed by atoms with Crippen molar-refractivity contribution in [2.45, 2.75) is 6.92 Å². The fraction of sp³-hybridized carbons (Fsp3) is 0.125. The van der Waals surface area contributed by atoms with Crippen molar-refractivity contribution in [1.82, 2.24) is 0 Å². The summed E-state index contributed by atoms with van der Waals surface area (Å²) in [4.78, 5) is 25.3. The van der Waals surface area contributed by atoms with Crippen molar-refractivity contribution in [3.05, 3.63) is 58.6 Å². The van der Waals surface area contributed by atoms with Gasteiger partial charge in [-0.05, 0) is 24.3 Å². The lowest BCUT2D eigenvalue weighted by Gasteiger charge is -2.21. The molecule has 0 fully saturated rings. The van der Waals surface area contributed by atoms with Crippen LogP contribution in [0.1, 0.15) is 6.92 Å². The Balaban J connectivity index is 2.15. The van der Waals surface area contributed by atoms with Crippen molar-refractivity contribution in [1.29, 1.82) is 0 Å². The molecule has 22 heavy (non-hydrogen) atoms. The molecule has 0 spiro atoms. The second kappa shape index (κ2) is 7.29. The van der Waals surface area contributed by atoms with E-state index < -0.39 is 0 Å². The predicted molar refractivity (Wildman–Crippen MR) is 89.6 cm³/mol. The zero-order chi connectivity index (χ0) is 16.1. The average molecular weight is 337 g/mol. The van der Waals surface area contributed by atoms with Gasteiger partial charge >= 0.3 is 0 Å². The van der Waals surface area contributed by atoms with Crippen molar-refractivity contribution < 1.29 is 9.59 Å². The van der Waals surface area contributed by atoms with Gasteiger partial charge in [-0.3, -0.25) is 9.59 Å². The molecule has 2 amide bonds. The second-order valence-electron chi connectivity index (χ2n) is 4.58. The molecular formula is C16H14Cl2N2O2. The van der Waals surface area contributed by atoms with E-state index in [2.05, 4.69) is 5.32 Å². The van der Waals surface area contributed by atoms with Gasteiger partial charge in [-0.1, -0.05) is 47.5 Å². The van der Waals surface area contributed by atoms with E-state index in [1.165, 1.54) is 11.8 Å². The number of nitrogens with one attached hydrogen (secondary N) is 1. The molecule has 0 aromatic heterocycles.